The monoisotopic (exact) mass is 259 g/mol. The molecule has 1 aliphatic heterocycles. The van der Waals surface area contributed by atoms with E-state index in [4.69, 9.17) is 0 Å². The fraction of sp³-hybridized carbons (Fsp3) is 0.929. The number of hydrogen-bond acceptors (Lipinski definition) is 3. The quantitative estimate of drug-likeness (QED) is 0.759. The van der Waals surface area contributed by atoms with Crippen molar-refractivity contribution < 1.29 is 4.79 Å². The molecule has 17 heavy (non-hydrogen) atoms. The summed E-state index contributed by atoms with van der Waals surface area (Å²) >= 11 is 4.45. The Morgan fingerprint density at radius 3 is 2.29 bits per heavy atom. The summed E-state index contributed by atoms with van der Waals surface area (Å²) in [5, 5.41) is 0.392. The summed E-state index contributed by atoms with van der Waals surface area (Å²) < 4.78 is 0. The van der Waals surface area contributed by atoms with Crippen molar-refractivity contribution in [1.82, 2.24) is 4.90 Å². The maximum Gasteiger partial charge on any atom is 0.129 e. The van der Waals surface area contributed by atoms with Crippen molar-refractivity contribution in [3.63, 3.8) is 0 Å². The first-order chi connectivity index (χ1) is 8.09. The van der Waals surface area contributed by atoms with Crippen LogP contribution in [0.25, 0.3) is 0 Å². The third kappa shape index (κ3) is 7.82. The van der Waals surface area contributed by atoms with Crippen molar-refractivity contribution in [3.8, 4) is 0 Å². The number of carbonyl (C=O) groups excluding carboxylic acids is 1. The van der Waals surface area contributed by atoms with Gasteiger partial charge in [0.05, 0.1) is 0 Å². The maximum atomic E-state index is 10.8. The highest BCUT2D eigenvalue weighted by Gasteiger charge is 2.20. The number of rotatable bonds is 5. The van der Waals surface area contributed by atoms with E-state index >= 15 is 0 Å². The number of hydrogen-bond donors (Lipinski definition) is 1. The number of ketones is 1. The molecule has 0 aromatic rings. The highest BCUT2D eigenvalue weighted by Crippen LogP contribution is 2.24. The van der Waals surface area contributed by atoms with Crippen molar-refractivity contribution in [2.24, 2.45) is 5.92 Å². The van der Waals surface area contributed by atoms with Crippen molar-refractivity contribution in [1.29, 1.82) is 0 Å². The van der Waals surface area contributed by atoms with Gasteiger partial charge in [-0.25, -0.2) is 0 Å². The van der Waals surface area contributed by atoms with Crippen LogP contribution in [0.1, 0.15) is 59.8 Å². The van der Waals surface area contributed by atoms with E-state index in [1.54, 1.807) is 6.92 Å². The molecule has 0 N–H and O–H groups in total. The van der Waals surface area contributed by atoms with E-state index in [1.807, 2.05) is 13.8 Å². The summed E-state index contributed by atoms with van der Waals surface area (Å²) in [5.41, 5.74) is 0. The topological polar surface area (TPSA) is 20.3 Å². The molecule has 0 saturated carbocycles. The van der Waals surface area contributed by atoms with Gasteiger partial charge >= 0.3 is 0 Å². The SMILES string of the molecule is CC.CC(=O)CCCC1CCN(C(C)S)CC1. The first-order valence-corrected chi connectivity index (χ1v) is 7.53. The minimum atomic E-state index is 0.330. The van der Waals surface area contributed by atoms with Crippen molar-refractivity contribution in [2.75, 3.05) is 13.1 Å². The van der Waals surface area contributed by atoms with E-state index < -0.39 is 0 Å². The number of likely N-dealkylation sites (tertiary alicyclic amines) is 1. The van der Waals surface area contributed by atoms with Gasteiger partial charge < -0.3 is 4.79 Å². The first kappa shape index (κ1) is 17.0. The van der Waals surface area contributed by atoms with Crippen LogP contribution in [-0.4, -0.2) is 29.1 Å². The van der Waals surface area contributed by atoms with Gasteiger partial charge in [-0.15, -0.1) is 0 Å². The molecule has 1 heterocycles. The van der Waals surface area contributed by atoms with E-state index in [2.05, 4.69) is 24.5 Å². The summed E-state index contributed by atoms with van der Waals surface area (Å²) in [6.07, 6.45) is 5.64. The zero-order valence-electron chi connectivity index (χ0n) is 11.9. The van der Waals surface area contributed by atoms with Gasteiger partial charge in [-0.1, -0.05) is 13.8 Å². The molecule has 1 unspecified atom stereocenters. The minimum absolute atomic E-state index is 0.330. The normalized spacial score (nSPS) is 19.4. The maximum absolute atomic E-state index is 10.8. The Balaban J connectivity index is 0.00000121. The molecule has 0 radical (unpaired) electrons. The standard InChI is InChI=1S/C12H23NOS.C2H6/c1-10(14)4-3-5-12-6-8-13(9-7-12)11(2)15;1-2/h11-12,15H,3-9H2,1-2H3;1-2H3. The van der Waals surface area contributed by atoms with Crippen LogP contribution in [0.15, 0.2) is 0 Å². The average Bonchev–Trinajstić information content (AvgIpc) is 2.32. The van der Waals surface area contributed by atoms with Gasteiger partial charge in [0.15, 0.2) is 0 Å². The van der Waals surface area contributed by atoms with Crippen molar-refractivity contribution in [2.45, 2.75) is 65.2 Å². The Hall–Kier alpha value is -0.0200. The molecule has 0 aromatic carbocycles. The van der Waals surface area contributed by atoms with Crippen LogP contribution in [0.2, 0.25) is 0 Å². The van der Waals surface area contributed by atoms with Gasteiger partial charge in [-0.2, -0.15) is 12.6 Å². The molecule has 1 saturated heterocycles. The Bertz CT molecular complexity index is 198. The molecule has 1 fully saturated rings. The zero-order valence-corrected chi connectivity index (χ0v) is 12.8. The van der Waals surface area contributed by atoms with Gasteiger partial charge in [0, 0.05) is 11.8 Å². The molecular weight excluding hydrogens is 230 g/mol. The van der Waals surface area contributed by atoms with E-state index in [-0.39, 0.29) is 0 Å². The fourth-order valence-corrected chi connectivity index (χ4v) is 2.49. The van der Waals surface area contributed by atoms with E-state index in [9.17, 15) is 4.79 Å². The second-order valence-electron chi connectivity index (χ2n) is 4.71. The van der Waals surface area contributed by atoms with Gasteiger partial charge in [0.2, 0.25) is 0 Å². The summed E-state index contributed by atoms with van der Waals surface area (Å²) in [4.78, 5) is 13.2. The summed E-state index contributed by atoms with van der Waals surface area (Å²) in [5.74, 6) is 1.17. The summed E-state index contributed by atoms with van der Waals surface area (Å²) in [6.45, 7) is 10.2. The first-order valence-electron chi connectivity index (χ1n) is 7.01. The van der Waals surface area contributed by atoms with E-state index in [1.165, 1.54) is 32.4 Å². The molecular formula is C14H29NOS. The lowest BCUT2D eigenvalue weighted by atomic mass is 9.91. The van der Waals surface area contributed by atoms with Gasteiger partial charge in [0.25, 0.3) is 0 Å². The minimum Gasteiger partial charge on any atom is -0.300 e. The number of nitrogens with zero attached hydrogens (tertiary/aromatic N) is 1. The molecule has 0 bridgehead atoms. The molecule has 1 aliphatic rings. The van der Waals surface area contributed by atoms with Crippen LogP contribution >= 0.6 is 12.6 Å². The fourth-order valence-electron chi connectivity index (χ4n) is 2.25. The zero-order chi connectivity index (χ0) is 13.3. The highest BCUT2D eigenvalue weighted by molar-refractivity contribution is 7.80. The second kappa shape index (κ2) is 9.95. The average molecular weight is 259 g/mol. The van der Waals surface area contributed by atoms with Crippen LogP contribution in [0.5, 0.6) is 0 Å². The molecule has 0 aliphatic carbocycles. The lowest BCUT2D eigenvalue weighted by Crippen LogP contribution is -2.37. The van der Waals surface area contributed by atoms with Crippen LogP contribution in [-0.2, 0) is 4.79 Å². The van der Waals surface area contributed by atoms with Crippen LogP contribution in [0.3, 0.4) is 0 Å². The number of thiol groups is 1. The molecule has 0 spiro atoms. The lowest BCUT2D eigenvalue weighted by Gasteiger charge is -2.34. The second-order valence-corrected chi connectivity index (χ2v) is 5.45. The molecule has 1 atom stereocenters. The van der Waals surface area contributed by atoms with Gasteiger partial charge in [-0.05, 0) is 58.5 Å². The molecule has 3 heteroatoms. The van der Waals surface area contributed by atoms with Gasteiger partial charge in [-0.3, -0.25) is 4.90 Å². The number of Topliss-reactive ketones (excluding diaryl/α,β-unsaturated/α-hetero) is 1. The Morgan fingerprint density at radius 1 is 1.35 bits per heavy atom. The van der Waals surface area contributed by atoms with Crippen molar-refractivity contribution >= 4 is 18.4 Å². The lowest BCUT2D eigenvalue weighted by molar-refractivity contribution is -0.117. The van der Waals surface area contributed by atoms with Crippen molar-refractivity contribution in [3.05, 3.63) is 0 Å². The predicted octanol–water partition coefficient (Wildman–Crippen LogP) is 3.76. The number of piperidine rings is 1. The molecule has 2 nitrogen and oxygen atoms in total. The Labute approximate surface area is 113 Å². The smallest absolute Gasteiger partial charge is 0.129 e. The van der Waals surface area contributed by atoms with E-state index in [0.717, 1.165) is 18.8 Å². The Morgan fingerprint density at radius 2 is 1.88 bits per heavy atom. The third-order valence-corrected chi connectivity index (χ3v) is 3.65. The largest absolute Gasteiger partial charge is 0.300 e. The van der Waals surface area contributed by atoms with Gasteiger partial charge in [0.1, 0.15) is 5.78 Å². The van der Waals surface area contributed by atoms with Crippen LogP contribution < -0.4 is 0 Å². The summed E-state index contributed by atoms with van der Waals surface area (Å²) in [6, 6.07) is 0. The highest BCUT2D eigenvalue weighted by atomic mass is 32.1. The number of carbonyl (C=O) groups is 1. The Kier molecular flexibility index (Phi) is 9.94. The van der Waals surface area contributed by atoms with Crippen LogP contribution in [0, 0.1) is 5.92 Å². The molecule has 0 amide bonds. The predicted molar refractivity (Wildman–Crippen MR) is 78.6 cm³/mol. The summed E-state index contributed by atoms with van der Waals surface area (Å²) in [7, 11) is 0. The van der Waals surface area contributed by atoms with E-state index in [0.29, 0.717) is 11.2 Å². The molecule has 102 valence electrons. The molecule has 1 rings (SSSR count). The third-order valence-electron chi connectivity index (χ3n) is 3.32. The van der Waals surface area contributed by atoms with Crippen LogP contribution in [0.4, 0.5) is 0 Å². The molecule has 0 aromatic heterocycles.